The molecule has 1 aromatic carbocycles. The van der Waals surface area contributed by atoms with Gasteiger partial charge in [0.25, 0.3) is 0 Å². The van der Waals surface area contributed by atoms with Gasteiger partial charge in [0.1, 0.15) is 5.75 Å². The molecule has 1 atom stereocenters. The summed E-state index contributed by atoms with van der Waals surface area (Å²) < 4.78 is 29.4. The summed E-state index contributed by atoms with van der Waals surface area (Å²) in [6.45, 7) is 8.71. The van der Waals surface area contributed by atoms with E-state index < -0.39 is 9.84 Å². The second kappa shape index (κ2) is 10.5. The zero-order valence-corrected chi connectivity index (χ0v) is 19.8. The van der Waals surface area contributed by atoms with E-state index in [1.807, 2.05) is 31.1 Å². The van der Waals surface area contributed by atoms with Gasteiger partial charge in [0, 0.05) is 25.7 Å². The van der Waals surface area contributed by atoms with E-state index in [1.165, 1.54) is 5.56 Å². The van der Waals surface area contributed by atoms with Crippen LogP contribution < -0.4 is 10.1 Å². The van der Waals surface area contributed by atoms with Crippen LogP contribution in [0, 0.1) is 0 Å². The minimum atomic E-state index is -3.04. The van der Waals surface area contributed by atoms with E-state index in [0.29, 0.717) is 39.1 Å². The zero-order valence-electron chi connectivity index (χ0n) is 19.0. The minimum Gasteiger partial charge on any atom is -0.494 e. The lowest BCUT2D eigenvalue weighted by Crippen LogP contribution is -2.49. The lowest BCUT2D eigenvalue weighted by atomic mass is 9.87. The van der Waals surface area contributed by atoms with Crippen molar-refractivity contribution in [1.82, 2.24) is 15.1 Å². The van der Waals surface area contributed by atoms with Gasteiger partial charge in [-0.15, -0.1) is 0 Å². The van der Waals surface area contributed by atoms with Gasteiger partial charge >= 0.3 is 6.03 Å². The van der Waals surface area contributed by atoms with E-state index in [9.17, 15) is 13.2 Å². The molecule has 1 aliphatic heterocycles. The summed E-state index contributed by atoms with van der Waals surface area (Å²) in [6, 6.07) is 7.66. The Morgan fingerprint density at radius 3 is 2.37 bits per heavy atom. The van der Waals surface area contributed by atoms with Crippen molar-refractivity contribution in [3.8, 4) is 5.75 Å². The van der Waals surface area contributed by atoms with Crippen molar-refractivity contribution in [2.45, 2.75) is 45.1 Å². The van der Waals surface area contributed by atoms with E-state index in [0.717, 1.165) is 5.75 Å². The SMILES string of the molecule is CN(C)CCN(C(=O)NCCCOc1ccc(C(C)(C)C)cc1)C1CCS(=O)(=O)C1. The van der Waals surface area contributed by atoms with E-state index in [-0.39, 0.29) is 29.0 Å². The molecule has 0 bridgehead atoms. The fraction of sp³-hybridized carbons (Fsp3) is 0.682. The number of carbonyl (C=O) groups excluding carboxylic acids is 1. The molecule has 0 aromatic heterocycles. The van der Waals surface area contributed by atoms with Crippen LogP contribution in [0.1, 0.15) is 39.2 Å². The molecule has 0 spiro atoms. The number of carbonyl (C=O) groups is 1. The van der Waals surface area contributed by atoms with Crippen molar-refractivity contribution < 1.29 is 17.9 Å². The first-order valence-corrected chi connectivity index (χ1v) is 12.4. The first kappa shape index (κ1) is 24.5. The predicted molar refractivity (Wildman–Crippen MR) is 121 cm³/mol. The maximum atomic E-state index is 12.7. The van der Waals surface area contributed by atoms with E-state index in [4.69, 9.17) is 4.74 Å². The van der Waals surface area contributed by atoms with Gasteiger partial charge in [-0.05, 0) is 50.0 Å². The highest BCUT2D eigenvalue weighted by Gasteiger charge is 2.34. The van der Waals surface area contributed by atoms with Crippen molar-refractivity contribution in [2.24, 2.45) is 0 Å². The van der Waals surface area contributed by atoms with Crippen LogP contribution in [0.15, 0.2) is 24.3 Å². The molecule has 2 amide bonds. The molecule has 1 aliphatic rings. The van der Waals surface area contributed by atoms with Crippen LogP contribution in [0.3, 0.4) is 0 Å². The summed E-state index contributed by atoms with van der Waals surface area (Å²) >= 11 is 0. The fourth-order valence-corrected chi connectivity index (χ4v) is 5.12. The van der Waals surface area contributed by atoms with Gasteiger partial charge in [-0.2, -0.15) is 0 Å². The van der Waals surface area contributed by atoms with E-state index >= 15 is 0 Å². The number of amides is 2. The van der Waals surface area contributed by atoms with Crippen LogP contribution in [0.2, 0.25) is 0 Å². The topological polar surface area (TPSA) is 79.0 Å². The number of hydrogen-bond acceptors (Lipinski definition) is 5. The summed E-state index contributed by atoms with van der Waals surface area (Å²) in [4.78, 5) is 16.3. The van der Waals surface area contributed by atoms with Crippen LogP contribution in [-0.2, 0) is 15.3 Å². The maximum absolute atomic E-state index is 12.7. The average molecular weight is 440 g/mol. The Morgan fingerprint density at radius 1 is 1.17 bits per heavy atom. The molecule has 7 nitrogen and oxygen atoms in total. The number of likely N-dealkylation sites (N-methyl/N-ethyl adjacent to an activating group) is 1. The van der Waals surface area contributed by atoms with E-state index in [2.05, 4.69) is 38.2 Å². The van der Waals surface area contributed by atoms with Gasteiger partial charge < -0.3 is 19.9 Å². The number of nitrogens with one attached hydrogen (secondary N) is 1. The van der Waals surface area contributed by atoms with Crippen LogP contribution in [-0.4, -0.2) is 82.1 Å². The molecule has 0 radical (unpaired) electrons. The molecule has 2 rings (SSSR count). The highest BCUT2D eigenvalue weighted by Crippen LogP contribution is 2.24. The molecule has 8 heteroatoms. The zero-order chi connectivity index (χ0) is 22.4. The minimum absolute atomic E-state index is 0.0571. The quantitative estimate of drug-likeness (QED) is 0.598. The van der Waals surface area contributed by atoms with Crippen molar-refractivity contribution in [1.29, 1.82) is 0 Å². The third-order valence-corrected chi connectivity index (χ3v) is 7.03. The van der Waals surface area contributed by atoms with E-state index in [1.54, 1.807) is 4.90 Å². The van der Waals surface area contributed by atoms with Gasteiger partial charge in [0.15, 0.2) is 9.84 Å². The van der Waals surface area contributed by atoms with Crippen molar-refractivity contribution >= 4 is 15.9 Å². The molecule has 1 fully saturated rings. The number of sulfone groups is 1. The Morgan fingerprint density at radius 2 is 1.83 bits per heavy atom. The second-order valence-electron chi connectivity index (χ2n) is 9.26. The van der Waals surface area contributed by atoms with Crippen molar-refractivity contribution in [3.05, 3.63) is 29.8 Å². The third-order valence-electron chi connectivity index (χ3n) is 5.28. The maximum Gasteiger partial charge on any atom is 0.317 e. The number of ether oxygens (including phenoxy) is 1. The molecule has 0 aliphatic carbocycles. The fourth-order valence-electron chi connectivity index (χ4n) is 3.39. The summed E-state index contributed by atoms with van der Waals surface area (Å²) in [5.74, 6) is 1.03. The number of benzene rings is 1. The van der Waals surface area contributed by atoms with Gasteiger partial charge in [-0.3, -0.25) is 0 Å². The Bertz CT molecular complexity index is 786. The monoisotopic (exact) mass is 439 g/mol. The number of urea groups is 1. The highest BCUT2D eigenvalue weighted by molar-refractivity contribution is 7.91. The molecule has 30 heavy (non-hydrogen) atoms. The van der Waals surface area contributed by atoms with Crippen molar-refractivity contribution in [3.63, 3.8) is 0 Å². The van der Waals surface area contributed by atoms with Crippen molar-refractivity contribution in [2.75, 3.05) is 51.8 Å². The summed E-state index contributed by atoms with van der Waals surface area (Å²) in [7, 11) is 0.835. The average Bonchev–Trinajstić information content (AvgIpc) is 3.00. The van der Waals surface area contributed by atoms with Crippen LogP contribution in [0.4, 0.5) is 4.79 Å². The lowest BCUT2D eigenvalue weighted by molar-refractivity contribution is 0.172. The summed E-state index contributed by atoms with van der Waals surface area (Å²) in [5, 5.41) is 2.92. The Kier molecular flexibility index (Phi) is 8.55. The van der Waals surface area contributed by atoms with Crippen LogP contribution in [0.25, 0.3) is 0 Å². The Labute approximate surface area is 181 Å². The lowest BCUT2D eigenvalue weighted by Gasteiger charge is -2.29. The summed E-state index contributed by atoms with van der Waals surface area (Å²) in [5.41, 5.74) is 1.37. The van der Waals surface area contributed by atoms with Gasteiger partial charge in [-0.1, -0.05) is 32.9 Å². The Balaban J connectivity index is 1.78. The molecular weight excluding hydrogens is 402 g/mol. The summed E-state index contributed by atoms with van der Waals surface area (Å²) in [6.07, 6.45) is 1.19. The smallest absolute Gasteiger partial charge is 0.317 e. The molecule has 1 unspecified atom stereocenters. The predicted octanol–water partition coefficient (Wildman–Crippen LogP) is 2.51. The third kappa shape index (κ3) is 7.80. The largest absolute Gasteiger partial charge is 0.494 e. The molecule has 1 aromatic rings. The number of hydrogen-bond donors (Lipinski definition) is 1. The normalized spacial score (nSPS) is 18.4. The van der Waals surface area contributed by atoms with Gasteiger partial charge in [0.2, 0.25) is 0 Å². The van der Waals surface area contributed by atoms with Crippen LogP contribution >= 0.6 is 0 Å². The molecule has 0 saturated carbocycles. The van der Waals surface area contributed by atoms with Crippen LogP contribution in [0.5, 0.6) is 5.75 Å². The standard InChI is InChI=1S/C22H37N3O4S/c1-22(2,3)18-7-9-20(10-8-18)29-15-6-12-23-21(26)25(14-13-24(4)5)19-11-16-30(27,28)17-19/h7-10,19H,6,11-17H2,1-5H3,(H,23,26). The first-order valence-electron chi connectivity index (χ1n) is 10.6. The molecular formula is C22H37N3O4S. The molecule has 1 heterocycles. The highest BCUT2D eigenvalue weighted by atomic mass is 32.2. The van der Waals surface area contributed by atoms with Gasteiger partial charge in [-0.25, -0.2) is 13.2 Å². The Hall–Kier alpha value is -1.80. The number of nitrogens with zero attached hydrogens (tertiary/aromatic N) is 2. The molecule has 1 saturated heterocycles. The first-order chi connectivity index (χ1) is 14.0. The molecule has 170 valence electrons. The molecule has 1 N–H and O–H groups in total. The van der Waals surface area contributed by atoms with Gasteiger partial charge in [0.05, 0.1) is 18.1 Å². The number of rotatable bonds is 9. The second-order valence-corrected chi connectivity index (χ2v) is 11.5.